The summed E-state index contributed by atoms with van der Waals surface area (Å²) in [6, 6.07) is 0.516. The average Bonchev–Trinajstić information content (AvgIpc) is 2.62. The molecule has 0 bridgehead atoms. The summed E-state index contributed by atoms with van der Waals surface area (Å²) in [6.45, 7) is 4.27. The second kappa shape index (κ2) is 3.03. The third-order valence-corrected chi connectivity index (χ3v) is 2.79. The first kappa shape index (κ1) is 8.56. The zero-order valence-electron chi connectivity index (χ0n) is 8.20. The molecule has 2 heterocycles. The Labute approximate surface area is 78.3 Å². The lowest BCUT2D eigenvalue weighted by atomic mass is 10.2. The van der Waals surface area contributed by atoms with Crippen LogP contribution in [0.1, 0.15) is 18.2 Å². The van der Waals surface area contributed by atoms with Crippen LogP contribution < -0.4 is 5.73 Å². The first-order valence-electron chi connectivity index (χ1n) is 4.66. The van der Waals surface area contributed by atoms with E-state index in [0.717, 1.165) is 24.5 Å². The number of nitrogens with zero attached hydrogens (tertiary/aromatic N) is 3. The second-order valence-electron chi connectivity index (χ2n) is 3.83. The van der Waals surface area contributed by atoms with Crippen LogP contribution in [0.5, 0.6) is 0 Å². The van der Waals surface area contributed by atoms with Crippen molar-refractivity contribution < 1.29 is 0 Å². The molecule has 72 valence electrons. The summed E-state index contributed by atoms with van der Waals surface area (Å²) in [4.78, 5) is 2.32. The molecule has 0 spiro atoms. The van der Waals surface area contributed by atoms with Crippen molar-refractivity contribution in [2.75, 3.05) is 25.9 Å². The Balaban J connectivity index is 2.21. The highest BCUT2D eigenvalue weighted by Crippen LogP contribution is 2.22. The maximum absolute atomic E-state index is 5.75. The lowest BCUT2D eigenvalue weighted by molar-refractivity contribution is 0.379. The fourth-order valence-electron chi connectivity index (χ4n) is 1.92. The minimum absolute atomic E-state index is 0.516. The van der Waals surface area contributed by atoms with Crippen LogP contribution in [-0.2, 0) is 0 Å². The van der Waals surface area contributed by atoms with E-state index in [1.54, 1.807) is 6.20 Å². The molecule has 4 heteroatoms. The molecule has 1 saturated heterocycles. The topological polar surface area (TPSA) is 47.1 Å². The number of hydrogen-bond donors (Lipinski definition) is 1. The molecule has 13 heavy (non-hydrogen) atoms. The molecule has 2 N–H and O–H groups in total. The highest BCUT2D eigenvalue weighted by atomic mass is 15.3. The van der Waals surface area contributed by atoms with Crippen molar-refractivity contribution in [3.05, 3.63) is 11.9 Å². The number of aromatic nitrogens is 2. The fourth-order valence-corrected chi connectivity index (χ4v) is 1.92. The molecular formula is C9H16N4. The molecule has 0 saturated carbocycles. The highest BCUT2D eigenvalue weighted by molar-refractivity contribution is 5.39. The molecule has 0 aliphatic carbocycles. The summed E-state index contributed by atoms with van der Waals surface area (Å²) in [5.74, 6) is 0. The van der Waals surface area contributed by atoms with Crippen molar-refractivity contribution in [3.63, 3.8) is 0 Å². The van der Waals surface area contributed by atoms with Gasteiger partial charge >= 0.3 is 0 Å². The average molecular weight is 180 g/mol. The van der Waals surface area contributed by atoms with Crippen molar-refractivity contribution in [2.24, 2.45) is 0 Å². The molecule has 1 fully saturated rings. The molecule has 1 atom stereocenters. The van der Waals surface area contributed by atoms with E-state index in [9.17, 15) is 0 Å². The van der Waals surface area contributed by atoms with Crippen molar-refractivity contribution in [2.45, 2.75) is 19.4 Å². The number of nitrogens with two attached hydrogens (primary N) is 1. The minimum Gasteiger partial charge on any atom is -0.396 e. The first-order chi connectivity index (χ1) is 6.18. The van der Waals surface area contributed by atoms with E-state index >= 15 is 0 Å². The van der Waals surface area contributed by atoms with Gasteiger partial charge in [-0.05, 0) is 26.9 Å². The van der Waals surface area contributed by atoms with Crippen LogP contribution >= 0.6 is 0 Å². The Morgan fingerprint density at radius 2 is 2.38 bits per heavy atom. The van der Waals surface area contributed by atoms with Crippen molar-refractivity contribution in [3.8, 4) is 0 Å². The third kappa shape index (κ3) is 1.42. The summed E-state index contributed by atoms with van der Waals surface area (Å²) >= 11 is 0. The summed E-state index contributed by atoms with van der Waals surface area (Å²) in [6.07, 6.45) is 2.92. The van der Waals surface area contributed by atoms with E-state index in [2.05, 4.69) is 21.7 Å². The van der Waals surface area contributed by atoms with Gasteiger partial charge < -0.3 is 10.6 Å². The van der Waals surface area contributed by atoms with Gasteiger partial charge in [0.2, 0.25) is 0 Å². The van der Waals surface area contributed by atoms with Gasteiger partial charge in [-0.2, -0.15) is 5.10 Å². The number of hydrogen-bond acceptors (Lipinski definition) is 3. The van der Waals surface area contributed by atoms with Crippen LogP contribution in [0, 0.1) is 6.92 Å². The van der Waals surface area contributed by atoms with Crippen LogP contribution in [0.15, 0.2) is 6.20 Å². The molecule has 0 amide bonds. The van der Waals surface area contributed by atoms with E-state index in [1.165, 1.54) is 6.42 Å². The standard InChI is InChI=1S/C9H16N4/c1-7-9(10)5-11-13(7)8-3-4-12(2)6-8/h5,8H,3-4,6,10H2,1-2H3/t8-/m1/s1. The highest BCUT2D eigenvalue weighted by Gasteiger charge is 2.22. The fraction of sp³-hybridized carbons (Fsp3) is 0.667. The SMILES string of the molecule is Cc1c(N)cnn1[C@@H]1CCN(C)C1. The van der Waals surface area contributed by atoms with Gasteiger partial charge in [0.15, 0.2) is 0 Å². The van der Waals surface area contributed by atoms with Crippen LogP contribution in [0.25, 0.3) is 0 Å². The van der Waals surface area contributed by atoms with E-state index in [4.69, 9.17) is 5.73 Å². The lowest BCUT2D eigenvalue weighted by Crippen LogP contribution is -2.17. The van der Waals surface area contributed by atoms with E-state index in [-0.39, 0.29) is 0 Å². The monoisotopic (exact) mass is 180 g/mol. The van der Waals surface area contributed by atoms with Gasteiger partial charge in [0.05, 0.1) is 23.6 Å². The summed E-state index contributed by atoms with van der Waals surface area (Å²) in [5.41, 5.74) is 7.64. The maximum atomic E-state index is 5.75. The molecule has 2 rings (SSSR count). The van der Waals surface area contributed by atoms with Crippen molar-refractivity contribution >= 4 is 5.69 Å². The molecule has 1 aliphatic rings. The van der Waals surface area contributed by atoms with Gasteiger partial charge in [-0.3, -0.25) is 4.68 Å². The summed E-state index contributed by atoms with van der Waals surface area (Å²) in [7, 11) is 2.14. The van der Waals surface area contributed by atoms with Gasteiger partial charge in [-0.15, -0.1) is 0 Å². The van der Waals surface area contributed by atoms with E-state index in [1.807, 2.05) is 6.92 Å². The molecule has 1 aromatic heterocycles. The summed E-state index contributed by atoms with van der Waals surface area (Å²) in [5, 5.41) is 4.30. The molecule has 1 aromatic rings. The zero-order chi connectivity index (χ0) is 9.42. The van der Waals surface area contributed by atoms with Gasteiger partial charge in [-0.1, -0.05) is 0 Å². The molecule has 0 radical (unpaired) electrons. The third-order valence-electron chi connectivity index (χ3n) is 2.79. The number of anilines is 1. The van der Waals surface area contributed by atoms with E-state index < -0.39 is 0 Å². The second-order valence-corrected chi connectivity index (χ2v) is 3.83. The normalized spacial score (nSPS) is 24.0. The first-order valence-corrected chi connectivity index (χ1v) is 4.66. The minimum atomic E-state index is 0.516. The van der Waals surface area contributed by atoms with Gasteiger partial charge in [0, 0.05) is 6.54 Å². The Morgan fingerprint density at radius 3 is 2.85 bits per heavy atom. The zero-order valence-corrected chi connectivity index (χ0v) is 8.20. The molecule has 1 aliphatic heterocycles. The lowest BCUT2D eigenvalue weighted by Gasteiger charge is -2.12. The van der Waals surface area contributed by atoms with Crippen LogP contribution in [0.2, 0.25) is 0 Å². The van der Waals surface area contributed by atoms with Crippen molar-refractivity contribution in [1.82, 2.24) is 14.7 Å². The Morgan fingerprint density at radius 1 is 1.62 bits per heavy atom. The Kier molecular flexibility index (Phi) is 2.00. The quantitative estimate of drug-likeness (QED) is 0.690. The number of likely N-dealkylation sites (N-methyl/N-ethyl adjacent to an activating group) is 1. The largest absolute Gasteiger partial charge is 0.396 e. The van der Waals surface area contributed by atoms with Gasteiger partial charge in [0.1, 0.15) is 0 Å². The van der Waals surface area contributed by atoms with Crippen LogP contribution in [-0.4, -0.2) is 34.8 Å². The summed E-state index contributed by atoms with van der Waals surface area (Å²) < 4.78 is 2.05. The smallest absolute Gasteiger partial charge is 0.0730 e. The molecule has 0 unspecified atom stereocenters. The Bertz CT molecular complexity index is 305. The van der Waals surface area contributed by atoms with Crippen LogP contribution in [0.4, 0.5) is 5.69 Å². The predicted octanol–water partition coefficient (Wildman–Crippen LogP) is 0.650. The van der Waals surface area contributed by atoms with E-state index in [0.29, 0.717) is 6.04 Å². The maximum Gasteiger partial charge on any atom is 0.0730 e. The number of rotatable bonds is 1. The molecular weight excluding hydrogens is 164 g/mol. The number of likely N-dealkylation sites (tertiary alicyclic amines) is 1. The predicted molar refractivity (Wildman–Crippen MR) is 52.5 cm³/mol. The molecule has 4 nitrogen and oxygen atoms in total. The van der Waals surface area contributed by atoms with Crippen molar-refractivity contribution in [1.29, 1.82) is 0 Å². The Hall–Kier alpha value is -1.03. The van der Waals surface area contributed by atoms with Gasteiger partial charge in [-0.25, -0.2) is 0 Å². The molecule has 0 aromatic carbocycles. The van der Waals surface area contributed by atoms with Crippen LogP contribution in [0.3, 0.4) is 0 Å². The van der Waals surface area contributed by atoms with Gasteiger partial charge in [0.25, 0.3) is 0 Å². The number of nitrogen functional groups attached to an aromatic ring is 1.